The Balaban J connectivity index is 3.24. The van der Waals surface area contributed by atoms with Crippen LogP contribution in [0.1, 0.15) is 11.5 Å². The highest BCUT2D eigenvalue weighted by atomic mass is 79.9. The van der Waals surface area contributed by atoms with Gasteiger partial charge < -0.3 is 0 Å². The molecule has 0 radical (unpaired) electrons. The normalized spacial score (nSPS) is 10.2. The predicted molar refractivity (Wildman–Crippen MR) is 51.0 cm³/mol. The molecular formula is C7H9BrN2S. The van der Waals surface area contributed by atoms with Gasteiger partial charge in [-0.15, -0.1) is 11.8 Å². The van der Waals surface area contributed by atoms with Crippen molar-refractivity contribution >= 4 is 27.7 Å². The summed E-state index contributed by atoms with van der Waals surface area (Å²) < 4.78 is 1.01. The number of halogens is 1. The van der Waals surface area contributed by atoms with Crippen LogP contribution in [-0.4, -0.2) is 16.2 Å². The minimum atomic E-state index is 0.829. The Kier molecular flexibility index (Phi) is 2.90. The van der Waals surface area contributed by atoms with Gasteiger partial charge in [0.05, 0.1) is 10.2 Å². The first kappa shape index (κ1) is 9.00. The SMILES string of the molecule is CSc1nc(C)nc(C)c1Br. The molecule has 0 aliphatic carbocycles. The fourth-order valence-electron chi connectivity index (χ4n) is 0.803. The molecule has 0 spiro atoms. The third-order valence-electron chi connectivity index (χ3n) is 1.29. The molecule has 4 heteroatoms. The van der Waals surface area contributed by atoms with E-state index in [0.29, 0.717) is 0 Å². The van der Waals surface area contributed by atoms with Gasteiger partial charge in [-0.3, -0.25) is 0 Å². The average Bonchev–Trinajstić information content (AvgIpc) is 1.96. The zero-order chi connectivity index (χ0) is 8.43. The van der Waals surface area contributed by atoms with E-state index in [9.17, 15) is 0 Å². The summed E-state index contributed by atoms with van der Waals surface area (Å²) in [5, 5.41) is 1.01. The summed E-state index contributed by atoms with van der Waals surface area (Å²) >= 11 is 5.05. The highest BCUT2D eigenvalue weighted by Crippen LogP contribution is 2.25. The van der Waals surface area contributed by atoms with Gasteiger partial charge in [0, 0.05) is 0 Å². The van der Waals surface area contributed by atoms with Crippen LogP contribution in [0.3, 0.4) is 0 Å². The van der Waals surface area contributed by atoms with Crippen LogP contribution in [0.15, 0.2) is 9.50 Å². The lowest BCUT2D eigenvalue weighted by molar-refractivity contribution is 0.921. The summed E-state index contributed by atoms with van der Waals surface area (Å²) in [5.41, 5.74) is 1.00. The Labute approximate surface area is 79.0 Å². The fraction of sp³-hybridized carbons (Fsp3) is 0.429. The first-order valence-corrected chi connectivity index (χ1v) is 5.21. The molecule has 1 aromatic heterocycles. The van der Waals surface area contributed by atoms with Crippen LogP contribution in [0.2, 0.25) is 0 Å². The molecule has 0 atom stereocenters. The molecule has 1 heterocycles. The lowest BCUT2D eigenvalue weighted by Crippen LogP contribution is -1.94. The third-order valence-corrected chi connectivity index (χ3v) is 3.19. The summed E-state index contributed by atoms with van der Waals surface area (Å²) in [6, 6.07) is 0. The van der Waals surface area contributed by atoms with Crippen molar-refractivity contribution in [2.75, 3.05) is 6.26 Å². The zero-order valence-corrected chi connectivity index (χ0v) is 9.08. The molecule has 11 heavy (non-hydrogen) atoms. The number of hydrogen-bond acceptors (Lipinski definition) is 3. The van der Waals surface area contributed by atoms with Gasteiger partial charge >= 0.3 is 0 Å². The number of nitrogens with zero attached hydrogens (tertiary/aromatic N) is 2. The van der Waals surface area contributed by atoms with E-state index in [-0.39, 0.29) is 0 Å². The molecule has 0 N–H and O–H groups in total. The molecule has 60 valence electrons. The molecule has 1 aromatic rings. The van der Waals surface area contributed by atoms with Gasteiger partial charge in [0.1, 0.15) is 10.9 Å². The number of thioether (sulfide) groups is 1. The Hall–Kier alpha value is -0.0900. The molecule has 0 aromatic carbocycles. The second kappa shape index (κ2) is 3.54. The molecule has 0 aliphatic rings. The molecule has 0 bridgehead atoms. The maximum Gasteiger partial charge on any atom is 0.126 e. The van der Waals surface area contributed by atoms with Crippen molar-refractivity contribution in [3.63, 3.8) is 0 Å². The van der Waals surface area contributed by atoms with Gasteiger partial charge in [-0.05, 0) is 36.0 Å². The van der Waals surface area contributed by atoms with Gasteiger partial charge in [0.25, 0.3) is 0 Å². The Morgan fingerprint density at radius 1 is 1.27 bits per heavy atom. The molecule has 0 unspecified atom stereocenters. The maximum absolute atomic E-state index is 4.26. The smallest absolute Gasteiger partial charge is 0.126 e. The topological polar surface area (TPSA) is 25.8 Å². The van der Waals surface area contributed by atoms with Crippen molar-refractivity contribution in [3.8, 4) is 0 Å². The second-order valence-electron chi connectivity index (χ2n) is 2.18. The molecule has 1 rings (SSSR count). The molecule has 0 fully saturated rings. The van der Waals surface area contributed by atoms with Crippen molar-refractivity contribution in [1.82, 2.24) is 9.97 Å². The predicted octanol–water partition coefficient (Wildman–Crippen LogP) is 2.58. The monoisotopic (exact) mass is 232 g/mol. The molecule has 2 nitrogen and oxygen atoms in total. The van der Waals surface area contributed by atoms with Crippen molar-refractivity contribution in [2.45, 2.75) is 18.9 Å². The lowest BCUT2D eigenvalue weighted by Gasteiger charge is -2.03. The number of hydrogen-bond donors (Lipinski definition) is 0. The number of aryl methyl sites for hydroxylation is 2. The van der Waals surface area contributed by atoms with Crippen LogP contribution < -0.4 is 0 Å². The van der Waals surface area contributed by atoms with E-state index in [0.717, 1.165) is 21.0 Å². The average molecular weight is 233 g/mol. The van der Waals surface area contributed by atoms with Crippen LogP contribution in [0.5, 0.6) is 0 Å². The van der Waals surface area contributed by atoms with Crippen molar-refractivity contribution < 1.29 is 0 Å². The standard InChI is InChI=1S/C7H9BrN2S/c1-4-6(8)7(11-3)10-5(2)9-4/h1-3H3. The summed E-state index contributed by atoms with van der Waals surface area (Å²) in [5.74, 6) is 0.829. The lowest BCUT2D eigenvalue weighted by atomic mass is 10.4. The number of aromatic nitrogens is 2. The van der Waals surface area contributed by atoms with Gasteiger partial charge in [-0.2, -0.15) is 0 Å². The van der Waals surface area contributed by atoms with Crippen molar-refractivity contribution in [3.05, 3.63) is 16.0 Å². The van der Waals surface area contributed by atoms with Crippen molar-refractivity contribution in [1.29, 1.82) is 0 Å². The molecular weight excluding hydrogens is 224 g/mol. The van der Waals surface area contributed by atoms with E-state index < -0.39 is 0 Å². The van der Waals surface area contributed by atoms with Gasteiger partial charge in [0.15, 0.2) is 0 Å². The van der Waals surface area contributed by atoms with Crippen LogP contribution in [0.25, 0.3) is 0 Å². The van der Waals surface area contributed by atoms with Crippen LogP contribution in [0, 0.1) is 13.8 Å². The quantitative estimate of drug-likeness (QED) is 0.550. The summed E-state index contributed by atoms with van der Waals surface area (Å²) in [6.07, 6.45) is 2.01. The highest BCUT2D eigenvalue weighted by Gasteiger charge is 2.04. The van der Waals surface area contributed by atoms with E-state index >= 15 is 0 Å². The Morgan fingerprint density at radius 3 is 2.45 bits per heavy atom. The Morgan fingerprint density at radius 2 is 1.91 bits per heavy atom. The molecule has 0 amide bonds. The first-order valence-electron chi connectivity index (χ1n) is 3.20. The van der Waals surface area contributed by atoms with E-state index in [2.05, 4.69) is 25.9 Å². The van der Waals surface area contributed by atoms with Gasteiger partial charge in [-0.25, -0.2) is 9.97 Å². The van der Waals surface area contributed by atoms with Crippen LogP contribution in [0.4, 0.5) is 0 Å². The van der Waals surface area contributed by atoms with E-state index in [1.165, 1.54) is 0 Å². The maximum atomic E-state index is 4.26. The van der Waals surface area contributed by atoms with E-state index in [1.54, 1.807) is 11.8 Å². The van der Waals surface area contributed by atoms with Crippen LogP contribution >= 0.6 is 27.7 Å². The summed E-state index contributed by atoms with van der Waals surface area (Å²) in [4.78, 5) is 8.47. The minimum Gasteiger partial charge on any atom is -0.237 e. The summed E-state index contributed by atoms with van der Waals surface area (Å²) in [7, 11) is 0. The molecule has 0 saturated carbocycles. The Bertz CT molecular complexity index is 275. The molecule has 0 saturated heterocycles. The van der Waals surface area contributed by atoms with Crippen molar-refractivity contribution in [2.24, 2.45) is 0 Å². The van der Waals surface area contributed by atoms with Gasteiger partial charge in [0.2, 0.25) is 0 Å². The fourth-order valence-corrected chi connectivity index (χ4v) is 2.02. The van der Waals surface area contributed by atoms with Crippen LogP contribution in [-0.2, 0) is 0 Å². The summed E-state index contributed by atoms with van der Waals surface area (Å²) in [6.45, 7) is 3.87. The minimum absolute atomic E-state index is 0.829. The third kappa shape index (κ3) is 1.93. The van der Waals surface area contributed by atoms with E-state index in [4.69, 9.17) is 0 Å². The van der Waals surface area contributed by atoms with Gasteiger partial charge in [-0.1, -0.05) is 0 Å². The highest BCUT2D eigenvalue weighted by molar-refractivity contribution is 9.10. The zero-order valence-electron chi connectivity index (χ0n) is 6.68. The van der Waals surface area contributed by atoms with E-state index in [1.807, 2.05) is 20.1 Å². The largest absolute Gasteiger partial charge is 0.237 e. The second-order valence-corrected chi connectivity index (χ2v) is 3.77. The first-order chi connectivity index (χ1) is 5.15. The number of rotatable bonds is 1. The molecule has 0 aliphatic heterocycles.